The molecule has 0 unspecified atom stereocenters. The average Bonchev–Trinajstić information content (AvgIpc) is 3.67. The average molecular weight is 608 g/mol. The number of carboxylic acids is 3. The third-order valence-electron chi connectivity index (χ3n) is 7.43. The molecule has 230 valence electrons. The monoisotopic (exact) mass is 607 g/mol. The molecule has 3 aromatic rings. The van der Waals surface area contributed by atoms with Gasteiger partial charge in [0, 0.05) is 12.0 Å². The molecular formula is C31H29NO12. The lowest BCUT2D eigenvalue weighted by Gasteiger charge is -2.35. The van der Waals surface area contributed by atoms with Crippen molar-refractivity contribution in [3.05, 3.63) is 83.9 Å². The van der Waals surface area contributed by atoms with Crippen molar-refractivity contribution < 1.29 is 58.2 Å². The first kappa shape index (κ1) is 30.3. The number of benzene rings is 3. The van der Waals surface area contributed by atoms with Crippen molar-refractivity contribution in [1.29, 1.82) is 0 Å². The minimum atomic E-state index is -3.08. The molecule has 0 aliphatic carbocycles. The molecule has 13 nitrogen and oxygen atoms in total. The molecule has 13 heteroatoms. The van der Waals surface area contributed by atoms with E-state index in [0.29, 0.717) is 29.4 Å². The minimum Gasteiger partial charge on any atom is -0.480 e. The van der Waals surface area contributed by atoms with Gasteiger partial charge in [0.1, 0.15) is 18.0 Å². The highest BCUT2D eigenvalue weighted by molar-refractivity contribution is 6.01. The normalized spacial score (nSPS) is 17.8. The molecule has 2 heterocycles. The number of carbonyl (C=O) groups excluding carboxylic acids is 1. The molecule has 0 saturated carbocycles. The molecule has 2 aliphatic heterocycles. The van der Waals surface area contributed by atoms with Gasteiger partial charge in [-0.05, 0) is 60.9 Å². The van der Waals surface area contributed by atoms with Gasteiger partial charge in [0.15, 0.2) is 17.6 Å². The summed E-state index contributed by atoms with van der Waals surface area (Å²) in [5.41, 5.74) is 1.56. The molecule has 3 aromatic carbocycles. The number of hydrogen-bond acceptors (Lipinski definition) is 9. The number of amides is 1. The quantitative estimate of drug-likeness (QED) is 0.257. The molecule has 1 amide bonds. The summed E-state index contributed by atoms with van der Waals surface area (Å²) in [6, 6.07) is 20.9. The molecule has 0 bridgehead atoms. The second kappa shape index (κ2) is 12.6. The third-order valence-corrected chi connectivity index (χ3v) is 7.43. The van der Waals surface area contributed by atoms with E-state index < -0.39 is 60.8 Å². The Morgan fingerprint density at radius 3 is 2.20 bits per heavy atom. The van der Waals surface area contributed by atoms with Crippen LogP contribution < -0.4 is 14.2 Å². The maximum atomic E-state index is 13.7. The minimum absolute atomic E-state index is 0.0834. The zero-order chi connectivity index (χ0) is 31.4. The molecule has 3 N–H and O–H groups in total. The van der Waals surface area contributed by atoms with Crippen LogP contribution in [0.5, 0.6) is 23.0 Å². The van der Waals surface area contributed by atoms with E-state index in [1.165, 1.54) is 0 Å². The second-order valence-corrected chi connectivity index (χ2v) is 10.2. The second-order valence-electron chi connectivity index (χ2n) is 10.2. The number of aliphatic carboxylic acids is 3. The van der Waals surface area contributed by atoms with Crippen LogP contribution >= 0.6 is 0 Å². The number of carboxylic acid groups (broad SMARTS) is 3. The Balaban J connectivity index is 1.46. The summed E-state index contributed by atoms with van der Waals surface area (Å²) in [6.45, 7) is 0.281. The van der Waals surface area contributed by atoms with Gasteiger partial charge in [-0.1, -0.05) is 36.4 Å². The van der Waals surface area contributed by atoms with E-state index in [4.69, 9.17) is 23.7 Å². The topological polar surface area (TPSA) is 178 Å². The van der Waals surface area contributed by atoms with Crippen LogP contribution in [-0.2, 0) is 35.1 Å². The highest BCUT2D eigenvalue weighted by atomic mass is 16.8. The Morgan fingerprint density at radius 1 is 0.909 bits per heavy atom. The Hall–Kier alpha value is -5.14. The van der Waals surface area contributed by atoms with Crippen LogP contribution in [0.4, 0.5) is 0 Å². The number of ether oxygens (including phenoxy) is 5. The zero-order valence-corrected chi connectivity index (χ0v) is 23.5. The van der Waals surface area contributed by atoms with Gasteiger partial charge in [0.2, 0.25) is 6.79 Å². The Bertz CT molecular complexity index is 1530. The van der Waals surface area contributed by atoms with Crippen LogP contribution in [0.1, 0.15) is 24.0 Å². The van der Waals surface area contributed by atoms with Crippen molar-refractivity contribution in [3.8, 4) is 23.0 Å². The van der Waals surface area contributed by atoms with E-state index in [1.807, 2.05) is 48.5 Å². The lowest BCUT2D eigenvalue weighted by molar-refractivity contribution is -0.218. The van der Waals surface area contributed by atoms with Gasteiger partial charge in [-0.25, -0.2) is 9.59 Å². The summed E-state index contributed by atoms with van der Waals surface area (Å²) in [5, 5.41) is 28.6. The Kier molecular flexibility index (Phi) is 8.69. The number of rotatable bonds is 12. The summed E-state index contributed by atoms with van der Waals surface area (Å²) < 4.78 is 26.9. The summed E-state index contributed by atoms with van der Waals surface area (Å²) >= 11 is 0. The van der Waals surface area contributed by atoms with Crippen LogP contribution in [0.15, 0.2) is 72.8 Å². The van der Waals surface area contributed by atoms with E-state index >= 15 is 0 Å². The van der Waals surface area contributed by atoms with E-state index in [-0.39, 0.29) is 6.79 Å². The van der Waals surface area contributed by atoms with Crippen LogP contribution in [0, 0.1) is 0 Å². The highest BCUT2D eigenvalue weighted by Crippen LogP contribution is 2.36. The van der Waals surface area contributed by atoms with Crippen LogP contribution in [0.2, 0.25) is 0 Å². The van der Waals surface area contributed by atoms with Crippen molar-refractivity contribution in [2.75, 3.05) is 19.9 Å². The predicted octanol–water partition coefficient (Wildman–Crippen LogP) is 3.12. The van der Waals surface area contributed by atoms with Crippen LogP contribution in [-0.4, -0.2) is 81.9 Å². The van der Waals surface area contributed by atoms with Gasteiger partial charge in [-0.2, -0.15) is 0 Å². The number of hydrogen-bond donors (Lipinski definition) is 3. The molecule has 5 rings (SSSR count). The van der Waals surface area contributed by atoms with Crippen molar-refractivity contribution in [1.82, 2.24) is 4.90 Å². The van der Waals surface area contributed by atoms with E-state index in [2.05, 4.69) is 0 Å². The fourth-order valence-corrected chi connectivity index (χ4v) is 5.17. The van der Waals surface area contributed by atoms with Gasteiger partial charge in [0.25, 0.3) is 5.91 Å². The van der Waals surface area contributed by atoms with Crippen molar-refractivity contribution in [3.63, 3.8) is 0 Å². The molecule has 44 heavy (non-hydrogen) atoms. The van der Waals surface area contributed by atoms with E-state index in [9.17, 15) is 34.5 Å². The fraction of sp³-hybridized carbons (Fsp3) is 0.290. The summed E-state index contributed by atoms with van der Waals surface area (Å²) in [7, 11) is 0. The van der Waals surface area contributed by atoms with Gasteiger partial charge in [0.05, 0.1) is 6.61 Å². The first-order chi connectivity index (χ1) is 21.1. The third kappa shape index (κ3) is 6.28. The standard InChI is InChI=1S/C31H29NO12/c1-18(32(15-27(33)34)28(35)26-16-42-31(44-26,29(36)37)30(38)39)23(13-19-7-12-24-25(14-19)41-17-40-24)20-8-10-22(11-9-20)43-21-5-3-2-4-6-21/h2-12,14,18,23,26H,13,15-17H2,1H3,(H,33,34)(H,36,37)(H,38,39)/t18-,23-,26-/m0/s1. The molecule has 2 aliphatic rings. The molecule has 1 saturated heterocycles. The molecule has 3 atom stereocenters. The summed E-state index contributed by atoms with van der Waals surface area (Å²) in [6.07, 6.45) is -1.34. The number of carbonyl (C=O) groups is 4. The van der Waals surface area contributed by atoms with E-state index in [1.54, 1.807) is 31.2 Å². The number of nitrogens with zero attached hydrogens (tertiary/aromatic N) is 1. The summed E-state index contributed by atoms with van der Waals surface area (Å²) in [5.74, 6) is -7.41. The SMILES string of the molecule is C[C@@H]([C@H](Cc1ccc2c(c1)OCO2)c1ccc(Oc2ccccc2)cc1)N(CC(=O)O)C(=O)[C@@H]1COC(C(=O)O)(C(=O)O)O1. The maximum Gasteiger partial charge on any atom is 0.377 e. The zero-order valence-electron chi connectivity index (χ0n) is 23.5. The first-order valence-corrected chi connectivity index (χ1v) is 13.6. The number of para-hydroxylation sites is 1. The highest BCUT2D eigenvalue weighted by Gasteiger charge is 2.58. The molecule has 0 aromatic heterocycles. The van der Waals surface area contributed by atoms with E-state index in [0.717, 1.165) is 16.0 Å². The van der Waals surface area contributed by atoms with Crippen molar-refractivity contribution in [2.24, 2.45) is 0 Å². The van der Waals surface area contributed by atoms with Crippen LogP contribution in [0.25, 0.3) is 0 Å². The first-order valence-electron chi connectivity index (χ1n) is 13.6. The fourth-order valence-electron chi connectivity index (χ4n) is 5.17. The van der Waals surface area contributed by atoms with Crippen molar-refractivity contribution in [2.45, 2.75) is 37.2 Å². The predicted molar refractivity (Wildman–Crippen MR) is 150 cm³/mol. The van der Waals surface area contributed by atoms with Gasteiger partial charge >= 0.3 is 23.7 Å². The molecule has 0 radical (unpaired) electrons. The lowest BCUT2D eigenvalue weighted by Crippen LogP contribution is -2.52. The van der Waals surface area contributed by atoms with Crippen molar-refractivity contribution >= 4 is 23.8 Å². The molecular weight excluding hydrogens is 578 g/mol. The molecule has 0 spiro atoms. The summed E-state index contributed by atoms with van der Waals surface area (Å²) in [4.78, 5) is 50.0. The van der Waals surface area contributed by atoms with Gasteiger partial charge in [-0.15, -0.1) is 0 Å². The maximum absolute atomic E-state index is 13.7. The van der Waals surface area contributed by atoms with Crippen LogP contribution in [0.3, 0.4) is 0 Å². The molecule has 1 fully saturated rings. The van der Waals surface area contributed by atoms with Gasteiger partial charge in [-0.3, -0.25) is 9.59 Å². The Morgan fingerprint density at radius 2 is 1.57 bits per heavy atom. The smallest absolute Gasteiger partial charge is 0.377 e. The number of fused-ring (bicyclic) bond motifs is 1. The lowest BCUT2D eigenvalue weighted by atomic mass is 9.85. The largest absolute Gasteiger partial charge is 0.480 e. The van der Waals surface area contributed by atoms with Gasteiger partial charge < -0.3 is 43.9 Å². The Labute approximate surface area is 251 Å².